The summed E-state index contributed by atoms with van der Waals surface area (Å²) in [6.45, 7) is 4.40. The van der Waals surface area contributed by atoms with Gasteiger partial charge in [0, 0.05) is 24.2 Å². The molecule has 170 valence electrons. The van der Waals surface area contributed by atoms with E-state index < -0.39 is 11.1 Å². The summed E-state index contributed by atoms with van der Waals surface area (Å²) >= 11 is 13.1. The van der Waals surface area contributed by atoms with Crippen LogP contribution in [0.3, 0.4) is 0 Å². The maximum Gasteiger partial charge on any atom is 0.316 e. The van der Waals surface area contributed by atoms with E-state index in [0.717, 1.165) is 11.1 Å². The van der Waals surface area contributed by atoms with Crippen LogP contribution in [0.25, 0.3) is 44.6 Å². The van der Waals surface area contributed by atoms with Crippen molar-refractivity contribution < 1.29 is 0 Å². The van der Waals surface area contributed by atoms with Gasteiger partial charge in [-0.3, -0.25) is 9.59 Å². The first kappa shape index (κ1) is 22.3. The van der Waals surface area contributed by atoms with Crippen molar-refractivity contribution in [2.75, 3.05) is 0 Å². The van der Waals surface area contributed by atoms with Gasteiger partial charge in [0.05, 0.1) is 43.5 Å². The molecule has 0 fully saturated rings. The summed E-state index contributed by atoms with van der Waals surface area (Å²) in [5.74, 6) is 0. The van der Waals surface area contributed by atoms with Crippen molar-refractivity contribution in [1.29, 1.82) is 0 Å². The van der Waals surface area contributed by atoms with E-state index in [1.54, 1.807) is 12.1 Å². The van der Waals surface area contributed by atoms with Crippen LogP contribution in [0.4, 0.5) is 0 Å². The molecule has 3 aromatic carbocycles. The Morgan fingerprint density at radius 1 is 0.676 bits per heavy atom. The lowest BCUT2D eigenvalue weighted by atomic mass is 10.0. The second-order valence-corrected chi connectivity index (χ2v) is 8.62. The number of nitrogens with zero attached hydrogens (tertiary/aromatic N) is 4. The van der Waals surface area contributed by atoms with Crippen molar-refractivity contribution in [1.82, 2.24) is 19.1 Å². The second-order valence-electron chi connectivity index (χ2n) is 7.81. The normalized spacial score (nSPS) is 11.4. The van der Waals surface area contributed by atoms with Crippen LogP contribution in [0.15, 0.2) is 70.3 Å². The molecule has 0 aliphatic heterocycles. The molecule has 8 heteroatoms. The number of hydrogen-bond acceptors (Lipinski definition) is 4. The molecule has 0 saturated heterocycles. The first-order valence-corrected chi connectivity index (χ1v) is 11.7. The number of aromatic nitrogens is 4. The molecule has 0 N–H and O–H groups in total. The highest BCUT2D eigenvalue weighted by molar-refractivity contribution is 6.34. The Balaban J connectivity index is 1.95. The molecule has 2 heterocycles. The lowest BCUT2D eigenvalue weighted by Crippen LogP contribution is -2.41. The van der Waals surface area contributed by atoms with E-state index in [1.165, 1.54) is 9.13 Å². The molecular formula is C26H20Cl2N4O2. The molecule has 6 nitrogen and oxygen atoms in total. The quantitative estimate of drug-likeness (QED) is 0.236. The number of aryl methyl sites for hydroxylation is 2. The van der Waals surface area contributed by atoms with E-state index in [4.69, 9.17) is 33.2 Å². The van der Waals surface area contributed by atoms with E-state index in [2.05, 4.69) is 0 Å². The van der Waals surface area contributed by atoms with Crippen molar-refractivity contribution in [2.24, 2.45) is 0 Å². The second kappa shape index (κ2) is 8.70. The predicted octanol–water partition coefficient (Wildman–Crippen LogP) is 5.79. The van der Waals surface area contributed by atoms with Crippen LogP contribution >= 0.6 is 23.2 Å². The summed E-state index contributed by atoms with van der Waals surface area (Å²) in [4.78, 5) is 35.3. The molecule has 2 aromatic heterocycles. The van der Waals surface area contributed by atoms with E-state index in [0.29, 0.717) is 56.6 Å². The first-order chi connectivity index (χ1) is 16.4. The summed E-state index contributed by atoms with van der Waals surface area (Å²) in [6, 6.07) is 18.5. The highest BCUT2D eigenvalue weighted by atomic mass is 35.5. The van der Waals surface area contributed by atoms with Crippen LogP contribution < -0.4 is 11.1 Å². The third-order valence-corrected chi connectivity index (χ3v) is 6.56. The fourth-order valence-corrected chi connectivity index (χ4v) is 4.72. The van der Waals surface area contributed by atoms with Gasteiger partial charge in [-0.1, -0.05) is 59.6 Å². The zero-order valence-electron chi connectivity index (χ0n) is 18.5. The molecule has 0 aliphatic rings. The van der Waals surface area contributed by atoms with E-state index in [-0.39, 0.29) is 0 Å². The molecule has 5 aromatic rings. The zero-order chi connectivity index (χ0) is 24.0. The Morgan fingerprint density at radius 2 is 1.06 bits per heavy atom. The third-order valence-electron chi connectivity index (χ3n) is 5.91. The number of benzene rings is 3. The number of halogens is 2. The van der Waals surface area contributed by atoms with Crippen LogP contribution in [-0.4, -0.2) is 19.1 Å². The van der Waals surface area contributed by atoms with Gasteiger partial charge in [-0.25, -0.2) is 9.97 Å². The summed E-state index contributed by atoms with van der Waals surface area (Å²) in [5, 5.41) is 1.08. The average molecular weight is 491 g/mol. The molecule has 0 spiro atoms. The van der Waals surface area contributed by atoms with Crippen molar-refractivity contribution >= 4 is 45.3 Å². The summed E-state index contributed by atoms with van der Waals surface area (Å²) in [5.41, 5.74) is 3.94. The Hall–Kier alpha value is -3.48. The van der Waals surface area contributed by atoms with Gasteiger partial charge >= 0.3 is 11.1 Å². The maximum atomic E-state index is 12.7. The Bertz CT molecular complexity index is 1580. The van der Waals surface area contributed by atoms with Gasteiger partial charge in [-0.2, -0.15) is 0 Å². The number of fused-ring (bicyclic) bond motifs is 2. The maximum absolute atomic E-state index is 12.7. The molecule has 0 amide bonds. The first-order valence-electron chi connectivity index (χ1n) is 10.9. The Kier molecular flexibility index (Phi) is 5.71. The van der Waals surface area contributed by atoms with Crippen molar-refractivity contribution in [3.05, 3.63) is 91.4 Å². The monoisotopic (exact) mass is 490 g/mol. The summed E-state index contributed by atoms with van der Waals surface area (Å²) in [7, 11) is 0. The topological polar surface area (TPSA) is 69.8 Å². The van der Waals surface area contributed by atoms with Gasteiger partial charge in [0.2, 0.25) is 0 Å². The van der Waals surface area contributed by atoms with Crippen molar-refractivity contribution in [2.45, 2.75) is 26.9 Å². The molecule has 0 atom stereocenters. The van der Waals surface area contributed by atoms with Crippen LogP contribution in [0.2, 0.25) is 10.0 Å². The molecule has 0 unspecified atom stereocenters. The minimum absolute atomic E-state index is 0.364. The summed E-state index contributed by atoms with van der Waals surface area (Å²) < 4.78 is 2.95. The molecule has 0 bridgehead atoms. The van der Waals surface area contributed by atoms with Gasteiger partial charge in [0.1, 0.15) is 0 Å². The molecule has 0 saturated carbocycles. The highest BCUT2D eigenvalue weighted by Gasteiger charge is 2.19. The lowest BCUT2D eigenvalue weighted by molar-refractivity contribution is 0.683. The van der Waals surface area contributed by atoms with E-state index >= 15 is 0 Å². The summed E-state index contributed by atoms with van der Waals surface area (Å²) in [6.07, 6.45) is 0. The average Bonchev–Trinajstić information content (AvgIpc) is 2.84. The molecular weight excluding hydrogens is 471 g/mol. The fourth-order valence-electron chi connectivity index (χ4n) is 4.27. The molecule has 0 aliphatic carbocycles. The fraction of sp³-hybridized carbons (Fsp3) is 0.154. The van der Waals surface area contributed by atoms with Gasteiger partial charge in [-0.15, -0.1) is 0 Å². The van der Waals surface area contributed by atoms with Crippen LogP contribution in [0, 0.1) is 0 Å². The SMILES string of the molecule is CCn1c(=O)c(=O)n(CC)c2cc3nc(-c4ccccc4Cl)c(-c4ccccc4Cl)nc3cc21. The highest BCUT2D eigenvalue weighted by Crippen LogP contribution is 2.37. The largest absolute Gasteiger partial charge is 0.316 e. The molecule has 5 rings (SSSR count). The van der Waals surface area contributed by atoms with Gasteiger partial charge < -0.3 is 9.13 Å². The smallest absolute Gasteiger partial charge is 0.302 e. The van der Waals surface area contributed by atoms with Crippen molar-refractivity contribution in [3.8, 4) is 22.5 Å². The molecule has 0 radical (unpaired) electrons. The van der Waals surface area contributed by atoms with Gasteiger partial charge in [0.25, 0.3) is 0 Å². The Morgan fingerprint density at radius 3 is 1.41 bits per heavy atom. The predicted molar refractivity (Wildman–Crippen MR) is 138 cm³/mol. The number of rotatable bonds is 4. The van der Waals surface area contributed by atoms with Gasteiger partial charge in [-0.05, 0) is 38.1 Å². The van der Waals surface area contributed by atoms with E-state index in [1.807, 2.05) is 62.4 Å². The third kappa shape index (κ3) is 3.50. The lowest BCUT2D eigenvalue weighted by Gasteiger charge is -2.16. The van der Waals surface area contributed by atoms with E-state index in [9.17, 15) is 9.59 Å². The number of hydrogen-bond donors (Lipinski definition) is 0. The van der Waals surface area contributed by atoms with Crippen molar-refractivity contribution in [3.63, 3.8) is 0 Å². The zero-order valence-corrected chi connectivity index (χ0v) is 20.1. The minimum Gasteiger partial charge on any atom is -0.302 e. The van der Waals surface area contributed by atoms with Gasteiger partial charge in [0.15, 0.2) is 0 Å². The van der Waals surface area contributed by atoms with Crippen LogP contribution in [-0.2, 0) is 13.1 Å². The molecule has 34 heavy (non-hydrogen) atoms. The standard InChI is InChI=1S/C26H20Cl2N4O2/c1-3-31-21-13-19-20(14-22(21)32(4-2)26(34)25(31)33)30-24(16-10-6-8-12-18(16)28)23(29-19)15-9-5-7-11-17(15)27/h5-14H,3-4H2,1-2H3. The van der Waals surface area contributed by atoms with Crippen LogP contribution in [0.5, 0.6) is 0 Å². The van der Waals surface area contributed by atoms with Crippen LogP contribution in [0.1, 0.15) is 13.8 Å². The Labute approximate surface area is 205 Å². The minimum atomic E-state index is -0.553.